The van der Waals surface area contributed by atoms with Crippen LogP contribution in [-0.2, 0) is 4.79 Å². The Kier molecular flexibility index (Phi) is 5.75. The van der Waals surface area contributed by atoms with Crippen LogP contribution >= 0.6 is 0 Å². The van der Waals surface area contributed by atoms with Crippen LogP contribution < -0.4 is 5.32 Å². The quantitative estimate of drug-likeness (QED) is 0.755. The van der Waals surface area contributed by atoms with Gasteiger partial charge in [0.2, 0.25) is 5.91 Å². The van der Waals surface area contributed by atoms with Gasteiger partial charge in [-0.05, 0) is 37.5 Å². The summed E-state index contributed by atoms with van der Waals surface area (Å²) < 4.78 is 0. The highest BCUT2D eigenvalue weighted by molar-refractivity contribution is 5.97. The molecule has 1 amide bonds. The summed E-state index contributed by atoms with van der Waals surface area (Å²) in [4.78, 5) is 12.8. The number of anilines is 1. The lowest BCUT2D eigenvalue weighted by molar-refractivity contribution is -0.123. The fraction of sp³-hybridized carbons (Fsp3) is 0.286. The van der Waals surface area contributed by atoms with Crippen LogP contribution in [-0.4, -0.2) is 5.91 Å². The first-order valence-electron chi connectivity index (χ1n) is 8.22. The molecule has 0 heterocycles. The van der Waals surface area contributed by atoms with Gasteiger partial charge >= 0.3 is 0 Å². The normalized spacial score (nSPS) is 11.6. The van der Waals surface area contributed by atoms with E-state index in [2.05, 4.69) is 62.5 Å². The van der Waals surface area contributed by atoms with E-state index in [4.69, 9.17) is 0 Å². The number of amides is 1. The van der Waals surface area contributed by atoms with E-state index < -0.39 is 5.41 Å². The van der Waals surface area contributed by atoms with Gasteiger partial charge in [0.05, 0.1) is 5.41 Å². The van der Waals surface area contributed by atoms with Gasteiger partial charge in [-0.15, -0.1) is 0 Å². The number of aryl methyl sites for hydroxylation is 1. The second kappa shape index (κ2) is 7.77. The standard InChI is InChI=1S/C21H25NO/c1-4-21(5-2,16-15-18-13-11-17(3)12-14-18)20(23)22-19-9-7-6-8-10-19/h6-16H,4-5H2,1-3H3,(H,22,23)/b16-15+. The first kappa shape index (κ1) is 17.0. The molecule has 0 bridgehead atoms. The topological polar surface area (TPSA) is 29.1 Å². The molecule has 0 fully saturated rings. The van der Waals surface area contributed by atoms with Crippen molar-refractivity contribution in [3.8, 4) is 0 Å². The van der Waals surface area contributed by atoms with Crippen molar-refractivity contribution in [1.82, 2.24) is 0 Å². The molecule has 0 radical (unpaired) electrons. The maximum absolute atomic E-state index is 12.8. The summed E-state index contributed by atoms with van der Waals surface area (Å²) in [6.07, 6.45) is 5.64. The lowest BCUT2D eigenvalue weighted by Crippen LogP contribution is -2.33. The number of para-hydroxylation sites is 1. The Labute approximate surface area is 139 Å². The molecule has 0 saturated heterocycles. The summed E-state index contributed by atoms with van der Waals surface area (Å²) in [5.74, 6) is 0.0528. The van der Waals surface area contributed by atoms with E-state index in [0.29, 0.717) is 0 Å². The molecule has 120 valence electrons. The van der Waals surface area contributed by atoms with Crippen molar-refractivity contribution in [2.75, 3.05) is 5.32 Å². The number of carbonyl (C=O) groups is 1. The Morgan fingerprint density at radius 3 is 2.17 bits per heavy atom. The van der Waals surface area contributed by atoms with E-state index in [1.807, 2.05) is 30.3 Å². The van der Waals surface area contributed by atoms with Crippen molar-refractivity contribution >= 4 is 17.7 Å². The molecule has 0 saturated carbocycles. The van der Waals surface area contributed by atoms with E-state index in [-0.39, 0.29) is 5.91 Å². The highest BCUT2D eigenvalue weighted by atomic mass is 16.2. The highest BCUT2D eigenvalue weighted by Crippen LogP contribution is 2.31. The van der Waals surface area contributed by atoms with E-state index in [1.165, 1.54) is 5.56 Å². The summed E-state index contributed by atoms with van der Waals surface area (Å²) in [6.45, 7) is 6.20. The zero-order valence-electron chi connectivity index (χ0n) is 14.2. The van der Waals surface area contributed by atoms with Crippen LogP contribution in [0.4, 0.5) is 5.69 Å². The fourth-order valence-corrected chi connectivity index (χ4v) is 2.59. The van der Waals surface area contributed by atoms with Crippen LogP contribution in [0.15, 0.2) is 60.7 Å². The van der Waals surface area contributed by atoms with E-state index in [0.717, 1.165) is 24.1 Å². The van der Waals surface area contributed by atoms with Crippen molar-refractivity contribution in [2.45, 2.75) is 33.6 Å². The van der Waals surface area contributed by atoms with Gasteiger partial charge in [0.15, 0.2) is 0 Å². The number of rotatable bonds is 6. The SMILES string of the molecule is CCC(/C=C/c1ccc(C)cc1)(CC)C(=O)Nc1ccccc1. The molecule has 1 N–H and O–H groups in total. The second-order valence-corrected chi connectivity index (χ2v) is 5.93. The number of hydrogen-bond acceptors (Lipinski definition) is 1. The van der Waals surface area contributed by atoms with Crippen molar-refractivity contribution in [2.24, 2.45) is 5.41 Å². The van der Waals surface area contributed by atoms with Gasteiger partial charge < -0.3 is 5.32 Å². The molecule has 0 aliphatic carbocycles. The Bertz CT molecular complexity index is 652. The average Bonchev–Trinajstić information content (AvgIpc) is 2.58. The largest absolute Gasteiger partial charge is 0.325 e. The Morgan fingerprint density at radius 2 is 1.61 bits per heavy atom. The maximum Gasteiger partial charge on any atom is 0.234 e. The van der Waals surface area contributed by atoms with Crippen LogP contribution in [0.1, 0.15) is 37.8 Å². The molecule has 2 aromatic carbocycles. The summed E-state index contributed by atoms with van der Waals surface area (Å²) in [5.41, 5.74) is 2.71. The van der Waals surface area contributed by atoms with E-state index >= 15 is 0 Å². The molecule has 2 rings (SSSR count). The molecule has 0 aliphatic rings. The van der Waals surface area contributed by atoms with Gasteiger partial charge in [0, 0.05) is 5.69 Å². The van der Waals surface area contributed by atoms with Gasteiger partial charge in [-0.1, -0.05) is 74.0 Å². The molecule has 2 heteroatoms. The number of benzene rings is 2. The third-order valence-corrected chi connectivity index (χ3v) is 4.42. The smallest absolute Gasteiger partial charge is 0.234 e. The predicted molar refractivity (Wildman–Crippen MR) is 98.3 cm³/mol. The second-order valence-electron chi connectivity index (χ2n) is 5.93. The molecular weight excluding hydrogens is 282 g/mol. The zero-order chi connectivity index (χ0) is 16.7. The van der Waals surface area contributed by atoms with Gasteiger partial charge in [-0.2, -0.15) is 0 Å². The molecular formula is C21H25NO. The minimum absolute atomic E-state index is 0.0528. The van der Waals surface area contributed by atoms with Gasteiger partial charge in [-0.25, -0.2) is 0 Å². The Morgan fingerprint density at radius 1 is 1.00 bits per heavy atom. The molecule has 2 nitrogen and oxygen atoms in total. The number of carbonyl (C=O) groups excluding carboxylic acids is 1. The molecule has 0 aliphatic heterocycles. The van der Waals surface area contributed by atoms with Crippen LogP contribution in [0.2, 0.25) is 0 Å². The minimum Gasteiger partial charge on any atom is -0.325 e. The molecule has 0 atom stereocenters. The van der Waals surface area contributed by atoms with Crippen molar-refractivity contribution in [3.63, 3.8) is 0 Å². The Balaban J connectivity index is 2.20. The average molecular weight is 307 g/mol. The number of hydrogen-bond donors (Lipinski definition) is 1. The van der Waals surface area contributed by atoms with E-state index in [1.54, 1.807) is 0 Å². The zero-order valence-corrected chi connectivity index (χ0v) is 14.2. The van der Waals surface area contributed by atoms with Gasteiger partial charge in [0.1, 0.15) is 0 Å². The first-order valence-corrected chi connectivity index (χ1v) is 8.22. The van der Waals surface area contributed by atoms with Crippen molar-refractivity contribution in [3.05, 3.63) is 71.8 Å². The maximum atomic E-state index is 12.8. The molecule has 23 heavy (non-hydrogen) atoms. The van der Waals surface area contributed by atoms with E-state index in [9.17, 15) is 4.79 Å². The lowest BCUT2D eigenvalue weighted by atomic mass is 9.80. The van der Waals surface area contributed by atoms with Crippen LogP contribution in [0, 0.1) is 12.3 Å². The monoisotopic (exact) mass is 307 g/mol. The van der Waals surface area contributed by atoms with Gasteiger partial charge in [0.25, 0.3) is 0 Å². The predicted octanol–water partition coefficient (Wildman–Crippen LogP) is 5.45. The summed E-state index contributed by atoms with van der Waals surface area (Å²) in [5, 5.41) is 3.04. The number of nitrogens with one attached hydrogen (secondary N) is 1. The molecule has 0 aromatic heterocycles. The summed E-state index contributed by atoms with van der Waals surface area (Å²) >= 11 is 0. The third kappa shape index (κ3) is 4.32. The van der Waals surface area contributed by atoms with Crippen molar-refractivity contribution in [1.29, 1.82) is 0 Å². The summed E-state index contributed by atoms with van der Waals surface area (Å²) in [6, 6.07) is 18.0. The van der Waals surface area contributed by atoms with Crippen LogP contribution in [0.3, 0.4) is 0 Å². The van der Waals surface area contributed by atoms with Crippen LogP contribution in [0.5, 0.6) is 0 Å². The summed E-state index contributed by atoms with van der Waals surface area (Å²) in [7, 11) is 0. The fourth-order valence-electron chi connectivity index (χ4n) is 2.59. The third-order valence-electron chi connectivity index (χ3n) is 4.42. The minimum atomic E-state index is -0.485. The van der Waals surface area contributed by atoms with Gasteiger partial charge in [-0.3, -0.25) is 4.79 Å². The van der Waals surface area contributed by atoms with Crippen LogP contribution in [0.25, 0.3) is 6.08 Å². The molecule has 2 aromatic rings. The Hall–Kier alpha value is -2.35. The van der Waals surface area contributed by atoms with Crippen molar-refractivity contribution < 1.29 is 4.79 Å². The lowest BCUT2D eigenvalue weighted by Gasteiger charge is -2.27. The highest BCUT2D eigenvalue weighted by Gasteiger charge is 2.32. The molecule has 0 spiro atoms. The molecule has 0 unspecified atom stereocenters. The first-order chi connectivity index (χ1) is 11.1.